The van der Waals surface area contributed by atoms with Crippen LogP contribution in [0, 0.1) is 18.4 Å². The Bertz CT molecular complexity index is 1160. The number of imidazole rings is 1. The molecule has 4 rings (SSSR count). The molecular weight excluding hydrogens is 377 g/mol. The third-order valence-corrected chi connectivity index (χ3v) is 4.98. The number of nitrogens with zero attached hydrogens (tertiary/aromatic N) is 4. The molecule has 11 nitrogen and oxygen atoms in total. The largest absolute Gasteiger partial charge is 0.519 e. The molecule has 1 aliphatic rings. The number of halogens is 1. The monoisotopic (exact) mass is 395 g/mol. The smallest absolute Gasteiger partial charge is 0.396 e. The van der Waals surface area contributed by atoms with E-state index < -0.39 is 36.4 Å². The van der Waals surface area contributed by atoms with Crippen molar-refractivity contribution >= 4 is 11.2 Å². The van der Waals surface area contributed by atoms with Crippen LogP contribution in [0.4, 0.5) is 4.39 Å². The second kappa shape index (κ2) is 6.36. The molecule has 0 aromatic carbocycles. The van der Waals surface area contributed by atoms with E-state index >= 15 is 0 Å². The van der Waals surface area contributed by atoms with Gasteiger partial charge in [0.25, 0.3) is 6.08 Å². The first-order chi connectivity index (χ1) is 13.2. The molecule has 1 saturated heterocycles. The maximum absolute atomic E-state index is 14.7. The Morgan fingerprint density at radius 3 is 2.82 bits per heavy atom. The van der Waals surface area contributed by atoms with Crippen LogP contribution in [0.2, 0.25) is 0 Å². The summed E-state index contributed by atoms with van der Waals surface area (Å²) in [6, 6.07) is 0. The molecule has 4 heterocycles. The quantitative estimate of drug-likeness (QED) is 0.513. The molecule has 3 aromatic rings. The van der Waals surface area contributed by atoms with Crippen molar-refractivity contribution in [1.29, 1.82) is 5.41 Å². The van der Waals surface area contributed by atoms with Crippen LogP contribution in [0.5, 0.6) is 0 Å². The molecule has 1 aliphatic heterocycles. The lowest BCUT2D eigenvalue weighted by molar-refractivity contribution is -0.115. The number of fused-ring (bicyclic) bond motifs is 1. The van der Waals surface area contributed by atoms with Crippen LogP contribution < -0.4 is 11.3 Å². The fraction of sp³-hybridized carbons (Fsp3) is 0.500. The molecule has 0 aliphatic carbocycles. The minimum absolute atomic E-state index is 0.0588. The zero-order valence-electron chi connectivity index (χ0n) is 15.0. The van der Waals surface area contributed by atoms with Crippen LogP contribution in [0.1, 0.15) is 31.1 Å². The lowest BCUT2D eigenvalue weighted by atomic mass is 10.0. The molecule has 150 valence electrons. The molecule has 0 unspecified atom stereocenters. The minimum atomic E-state index is -1.16. The van der Waals surface area contributed by atoms with E-state index in [4.69, 9.17) is 19.0 Å². The summed E-state index contributed by atoms with van der Waals surface area (Å²) in [4.78, 5) is 19.2. The summed E-state index contributed by atoms with van der Waals surface area (Å²) in [5, 5.41) is 27.9. The lowest BCUT2D eigenvalue weighted by Gasteiger charge is -2.24. The summed E-state index contributed by atoms with van der Waals surface area (Å²) in [6.07, 6.45) is -1.17. The molecule has 12 heteroatoms. The number of aliphatic hydroxyl groups is 2. The second-order valence-electron chi connectivity index (χ2n) is 6.87. The Labute approximate surface area is 156 Å². The maximum atomic E-state index is 14.7. The highest BCUT2D eigenvalue weighted by molar-refractivity contribution is 5.68. The Morgan fingerprint density at radius 1 is 1.46 bits per heavy atom. The molecule has 0 amide bonds. The maximum Gasteiger partial charge on any atom is 0.519 e. The summed E-state index contributed by atoms with van der Waals surface area (Å²) in [7, 11) is 0. The molecule has 0 saturated carbocycles. The first-order valence-electron chi connectivity index (χ1n) is 8.47. The van der Waals surface area contributed by atoms with Gasteiger partial charge >= 0.3 is 5.82 Å². The zero-order valence-corrected chi connectivity index (χ0v) is 15.0. The van der Waals surface area contributed by atoms with Crippen LogP contribution in [0.25, 0.3) is 11.2 Å². The number of rotatable bonds is 4. The van der Waals surface area contributed by atoms with Gasteiger partial charge in [-0.05, 0) is 13.8 Å². The number of aryl methyl sites for hydroxylation is 1. The number of hydrogen-bond donors (Lipinski definition) is 3. The summed E-state index contributed by atoms with van der Waals surface area (Å²) >= 11 is 0. The van der Waals surface area contributed by atoms with Crippen molar-refractivity contribution in [2.75, 3.05) is 6.61 Å². The van der Waals surface area contributed by atoms with Crippen LogP contribution in [0.3, 0.4) is 0 Å². The van der Waals surface area contributed by atoms with Crippen LogP contribution in [-0.4, -0.2) is 47.6 Å². The van der Waals surface area contributed by atoms with Crippen molar-refractivity contribution in [3.63, 3.8) is 0 Å². The molecule has 28 heavy (non-hydrogen) atoms. The molecule has 0 bridgehead atoms. The normalized spacial score (nSPS) is 25.0. The predicted molar refractivity (Wildman–Crippen MR) is 88.7 cm³/mol. The van der Waals surface area contributed by atoms with E-state index in [9.17, 15) is 19.4 Å². The highest BCUT2D eigenvalue weighted by Crippen LogP contribution is 2.37. The topological polar surface area (TPSA) is 153 Å². The van der Waals surface area contributed by atoms with Crippen molar-refractivity contribution in [2.24, 2.45) is 0 Å². The Balaban J connectivity index is 1.75. The summed E-state index contributed by atoms with van der Waals surface area (Å²) in [5.41, 5.74) is -1.29. The zero-order chi connectivity index (χ0) is 20.2. The Hall–Kier alpha value is -2.83. The van der Waals surface area contributed by atoms with Gasteiger partial charge in [0.15, 0.2) is 22.4 Å². The van der Waals surface area contributed by atoms with Crippen molar-refractivity contribution < 1.29 is 28.2 Å². The summed E-state index contributed by atoms with van der Waals surface area (Å²) < 4.78 is 32.3. The summed E-state index contributed by atoms with van der Waals surface area (Å²) in [5.74, 6) is -0.662. The number of aliphatic hydroxyl groups excluding tert-OH is 2. The van der Waals surface area contributed by atoms with Gasteiger partial charge in [0, 0.05) is 6.42 Å². The molecule has 3 N–H and O–H groups in total. The van der Waals surface area contributed by atoms with Gasteiger partial charge in [0.1, 0.15) is 17.6 Å². The fourth-order valence-electron chi connectivity index (χ4n) is 3.21. The minimum Gasteiger partial charge on any atom is -0.396 e. The van der Waals surface area contributed by atoms with Crippen LogP contribution >= 0.6 is 0 Å². The molecule has 3 aromatic heterocycles. The number of aromatic nitrogens is 4. The first kappa shape index (κ1) is 18.5. The van der Waals surface area contributed by atoms with Crippen molar-refractivity contribution in [1.82, 2.24) is 19.1 Å². The van der Waals surface area contributed by atoms with E-state index in [2.05, 4.69) is 9.97 Å². The van der Waals surface area contributed by atoms with E-state index in [0.717, 1.165) is 4.57 Å². The van der Waals surface area contributed by atoms with Crippen molar-refractivity contribution in [3.05, 3.63) is 40.0 Å². The summed E-state index contributed by atoms with van der Waals surface area (Å²) in [6.45, 7) is 2.40. The molecular formula is C16H18FN5O6. The molecule has 3 atom stereocenters. The highest BCUT2D eigenvalue weighted by Gasteiger charge is 2.45. The Morgan fingerprint density at radius 2 is 2.21 bits per heavy atom. The van der Waals surface area contributed by atoms with Gasteiger partial charge in [0.05, 0.1) is 25.6 Å². The van der Waals surface area contributed by atoms with Gasteiger partial charge < -0.3 is 23.8 Å². The predicted octanol–water partition coefficient (Wildman–Crippen LogP) is -0.215. The number of hydrogen-bond acceptors (Lipinski definition) is 9. The Kier molecular flexibility index (Phi) is 4.21. The molecule has 0 radical (unpaired) electrons. The average Bonchev–Trinajstić information content (AvgIpc) is 3.28. The first-order valence-corrected chi connectivity index (χ1v) is 8.47. The second-order valence-corrected chi connectivity index (χ2v) is 6.87. The van der Waals surface area contributed by atoms with E-state index in [1.54, 1.807) is 6.92 Å². The third kappa shape index (κ3) is 2.77. The lowest BCUT2D eigenvalue weighted by Crippen LogP contribution is -2.39. The highest BCUT2D eigenvalue weighted by atomic mass is 19.1. The van der Waals surface area contributed by atoms with Gasteiger partial charge in [-0.2, -0.15) is 9.37 Å². The standard InChI is InChI=1S/C16H18FN5O6/c1-7-8(27-15(25)26-7)4-21-12(18)11-13(20-14(21)17)22(6-19-11)10-3-9(24)16(2,5-23)28-10/h6,9-10,18,23-24H,3-5H2,1-2H3/t9-,10+,16+/m0/s1. The number of nitrogens with one attached hydrogen (secondary N) is 1. The van der Waals surface area contributed by atoms with Crippen molar-refractivity contribution in [2.45, 2.75) is 44.7 Å². The van der Waals surface area contributed by atoms with Crippen LogP contribution in [-0.2, 0) is 11.3 Å². The van der Waals surface area contributed by atoms with Crippen LogP contribution in [0.15, 0.2) is 20.0 Å². The van der Waals surface area contributed by atoms with Gasteiger partial charge in [-0.3, -0.25) is 14.5 Å². The van der Waals surface area contributed by atoms with Gasteiger partial charge in [-0.25, -0.2) is 9.78 Å². The van der Waals surface area contributed by atoms with E-state index in [1.807, 2.05) is 0 Å². The third-order valence-electron chi connectivity index (χ3n) is 4.98. The SMILES string of the molecule is Cc1oc(=O)oc1Cn1c(F)nc2c(ncn2[C@H]2C[C@H](O)[C@@](C)(CO)O2)c1=N. The average molecular weight is 395 g/mol. The van der Waals surface area contributed by atoms with E-state index in [-0.39, 0.29) is 41.1 Å². The molecule has 1 fully saturated rings. The van der Waals surface area contributed by atoms with Gasteiger partial charge in [-0.15, -0.1) is 0 Å². The fourth-order valence-corrected chi connectivity index (χ4v) is 3.21. The molecule has 0 spiro atoms. The van der Waals surface area contributed by atoms with Crippen molar-refractivity contribution in [3.8, 4) is 0 Å². The number of ether oxygens (including phenoxy) is 1. The van der Waals surface area contributed by atoms with Gasteiger partial charge in [-0.1, -0.05) is 0 Å². The van der Waals surface area contributed by atoms with E-state index in [1.165, 1.54) is 17.8 Å². The van der Waals surface area contributed by atoms with E-state index in [0.29, 0.717) is 0 Å². The van der Waals surface area contributed by atoms with Gasteiger partial charge in [0.2, 0.25) is 0 Å².